The molecule has 2 rings (SSSR count). The lowest BCUT2D eigenvalue weighted by molar-refractivity contribution is 0.480. The molecule has 2 heterocycles. The van der Waals surface area contributed by atoms with Gasteiger partial charge in [0.2, 0.25) is 0 Å². The minimum Gasteiger partial charge on any atom is -0.330 e. The quantitative estimate of drug-likeness (QED) is 0.924. The van der Waals surface area contributed by atoms with Gasteiger partial charge in [-0.05, 0) is 42.9 Å². The Bertz CT molecular complexity index is 517. The summed E-state index contributed by atoms with van der Waals surface area (Å²) in [6, 6.07) is 2.11. The minimum atomic E-state index is -2.86. The zero-order valence-electron chi connectivity index (χ0n) is 11.0. The maximum absolute atomic E-state index is 11.6. The van der Waals surface area contributed by atoms with Gasteiger partial charge < -0.3 is 5.73 Å². The first-order valence-corrected chi connectivity index (χ1v) is 9.08. The Labute approximate surface area is 113 Å². The van der Waals surface area contributed by atoms with Crippen molar-refractivity contribution < 1.29 is 8.42 Å². The third kappa shape index (κ3) is 2.95. The number of rotatable bonds is 4. The largest absolute Gasteiger partial charge is 0.330 e. The SMILES string of the molecule is CC(C)C(CCN)c1cc2c(s1)CCS(=O)(=O)C2. The van der Waals surface area contributed by atoms with Gasteiger partial charge in [-0.3, -0.25) is 0 Å². The first kappa shape index (κ1) is 14.0. The number of hydrogen-bond acceptors (Lipinski definition) is 4. The number of thiophene rings is 1. The molecule has 1 aliphatic rings. The van der Waals surface area contributed by atoms with E-state index in [-0.39, 0.29) is 5.75 Å². The van der Waals surface area contributed by atoms with Gasteiger partial charge in [0.1, 0.15) is 0 Å². The van der Waals surface area contributed by atoms with Crippen LogP contribution in [-0.2, 0) is 22.0 Å². The molecule has 1 atom stereocenters. The van der Waals surface area contributed by atoms with Gasteiger partial charge in [-0.2, -0.15) is 0 Å². The average molecular weight is 287 g/mol. The van der Waals surface area contributed by atoms with E-state index in [1.54, 1.807) is 11.3 Å². The molecule has 2 N–H and O–H groups in total. The normalized spacial score (nSPS) is 19.8. The fourth-order valence-corrected chi connectivity index (χ4v) is 5.65. The van der Waals surface area contributed by atoms with Crippen molar-refractivity contribution in [2.75, 3.05) is 12.3 Å². The summed E-state index contributed by atoms with van der Waals surface area (Å²) in [5.41, 5.74) is 6.71. The van der Waals surface area contributed by atoms with E-state index in [1.165, 1.54) is 9.75 Å². The van der Waals surface area contributed by atoms with E-state index in [4.69, 9.17) is 5.73 Å². The monoisotopic (exact) mass is 287 g/mol. The first-order valence-electron chi connectivity index (χ1n) is 6.45. The topological polar surface area (TPSA) is 60.2 Å². The second-order valence-electron chi connectivity index (χ2n) is 5.37. The summed E-state index contributed by atoms with van der Waals surface area (Å²) in [6.07, 6.45) is 1.67. The number of nitrogens with two attached hydrogens (primary N) is 1. The molecule has 0 saturated heterocycles. The molecule has 5 heteroatoms. The van der Waals surface area contributed by atoms with Crippen LogP contribution in [0.1, 0.15) is 41.5 Å². The van der Waals surface area contributed by atoms with Gasteiger partial charge in [-0.25, -0.2) is 8.42 Å². The van der Waals surface area contributed by atoms with Crippen LogP contribution in [0.15, 0.2) is 6.07 Å². The summed E-state index contributed by atoms with van der Waals surface area (Å²) < 4.78 is 23.3. The predicted molar refractivity (Wildman–Crippen MR) is 76.8 cm³/mol. The van der Waals surface area contributed by atoms with Crippen LogP contribution in [-0.4, -0.2) is 20.7 Å². The Morgan fingerprint density at radius 1 is 1.44 bits per heavy atom. The maximum Gasteiger partial charge on any atom is 0.154 e. The van der Waals surface area contributed by atoms with Crippen LogP contribution in [0.5, 0.6) is 0 Å². The highest BCUT2D eigenvalue weighted by atomic mass is 32.2. The molecule has 1 aromatic rings. The zero-order chi connectivity index (χ0) is 13.3. The second-order valence-corrected chi connectivity index (χ2v) is 8.72. The summed E-state index contributed by atoms with van der Waals surface area (Å²) in [5.74, 6) is 1.55. The van der Waals surface area contributed by atoms with Gasteiger partial charge in [0, 0.05) is 9.75 Å². The Kier molecular flexibility index (Phi) is 4.14. The van der Waals surface area contributed by atoms with E-state index in [2.05, 4.69) is 19.9 Å². The van der Waals surface area contributed by atoms with Crippen molar-refractivity contribution in [1.29, 1.82) is 0 Å². The summed E-state index contributed by atoms with van der Waals surface area (Å²) in [4.78, 5) is 2.58. The van der Waals surface area contributed by atoms with Crippen molar-refractivity contribution in [1.82, 2.24) is 0 Å². The fourth-order valence-electron chi connectivity index (χ4n) is 2.55. The first-order chi connectivity index (χ1) is 8.43. The van der Waals surface area contributed by atoms with E-state index in [0.29, 0.717) is 30.6 Å². The molecule has 0 spiro atoms. The number of fused-ring (bicyclic) bond motifs is 1. The third-order valence-corrected chi connectivity index (χ3v) is 6.53. The van der Waals surface area contributed by atoms with Gasteiger partial charge in [0.05, 0.1) is 11.5 Å². The van der Waals surface area contributed by atoms with Crippen molar-refractivity contribution in [3.05, 3.63) is 21.4 Å². The molecule has 0 aliphatic carbocycles. The van der Waals surface area contributed by atoms with Crippen LogP contribution < -0.4 is 5.73 Å². The van der Waals surface area contributed by atoms with E-state index in [1.807, 2.05) is 0 Å². The second kappa shape index (κ2) is 5.31. The molecular formula is C13H21NO2S2. The number of hydrogen-bond donors (Lipinski definition) is 1. The van der Waals surface area contributed by atoms with E-state index in [9.17, 15) is 8.42 Å². The summed E-state index contributed by atoms with van der Waals surface area (Å²) >= 11 is 1.79. The average Bonchev–Trinajstić information content (AvgIpc) is 2.66. The Balaban J connectivity index is 2.29. The molecule has 18 heavy (non-hydrogen) atoms. The Morgan fingerprint density at radius 3 is 2.78 bits per heavy atom. The van der Waals surface area contributed by atoms with Crippen molar-refractivity contribution in [2.24, 2.45) is 11.7 Å². The summed E-state index contributed by atoms with van der Waals surface area (Å²) in [5, 5.41) is 0. The van der Waals surface area contributed by atoms with Crippen molar-refractivity contribution in [2.45, 2.75) is 38.4 Å². The van der Waals surface area contributed by atoms with Crippen molar-refractivity contribution in [3.8, 4) is 0 Å². The molecule has 0 fully saturated rings. The smallest absolute Gasteiger partial charge is 0.154 e. The Hall–Kier alpha value is -0.390. The molecule has 0 saturated carbocycles. The van der Waals surface area contributed by atoms with Crippen molar-refractivity contribution >= 4 is 21.2 Å². The van der Waals surface area contributed by atoms with E-state index < -0.39 is 9.84 Å². The molecule has 1 aliphatic heterocycles. The molecule has 0 bridgehead atoms. The van der Waals surface area contributed by atoms with Gasteiger partial charge >= 0.3 is 0 Å². The van der Waals surface area contributed by atoms with Crippen LogP contribution in [0.3, 0.4) is 0 Å². The molecule has 0 aromatic carbocycles. The number of aryl methyl sites for hydroxylation is 1. The van der Waals surface area contributed by atoms with Gasteiger partial charge in [0.25, 0.3) is 0 Å². The summed E-state index contributed by atoms with van der Waals surface area (Å²) in [6.45, 7) is 5.09. The van der Waals surface area contributed by atoms with Gasteiger partial charge in [-0.15, -0.1) is 11.3 Å². The fraction of sp³-hybridized carbons (Fsp3) is 0.692. The van der Waals surface area contributed by atoms with Crippen LogP contribution in [0, 0.1) is 5.92 Å². The highest BCUT2D eigenvalue weighted by Crippen LogP contribution is 2.37. The molecule has 3 nitrogen and oxygen atoms in total. The molecule has 0 radical (unpaired) electrons. The molecule has 1 aromatic heterocycles. The van der Waals surface area contributed by atoms with Crippen LogP contribution in [0.2, 0.25) is 0 Å². The molecular weight excluding hydrogens is 266 g/mol. The van der Waals surface area contributed by atoms with Crippen molar-refractivity contribution in [3.63, 3.8) is 0 Å². The van der Waals surface area contributed by atoms with Gasteiger partial charge in [-0.1, -0.05) is 13.8 Å². The van der Waals surface area contributed by atoms with Crippen LogP contribution >= 0.6 is 11.3 Å². The third-order valence-electron chi connectivity index (χ3n) is 3.58. The van der Waals surface area contributed by atoms with E-state index >= 15 is 0 Å². The lowest BCUT2D eigenvalue weighted by Gasteiger charge is -2.18. The maximum atomic E-state index is 11.6. The predicted octanol–water partition coefficient (Wildman–Crippen LogP) is 2.31. The minimum absolute atomic E-state index is 0.228. The molecule has 102 valence electrons. The van der Waals surface area contributed by atoms with Gasteiger partial charge in [0.15, 0.2) is 9.84 Å². The standard InChI is InChI=1S/C13H21NO2S2/c1-9(2)11(3-5-14)13-7-10-8-18(15,16)6-4-12(10)17-13/h7,9,11H,3-6,8,14H2,1-2H3. The summed E-state index contributed by atoms with van der Waals surface area (Å²) in [7, 11) is -2.86. The molecule has 1 unspecified atom stereocenters. The zero-order valence-corrected chi connectivity index (χ0v) is 12.6. The lowest BCUT2D eigenvalue weighted by atomic mass is 9.91. The number of sulfone groups is 1. The highest BCUT2D eigenvalue weighted by Gasteiger charge is 2.26. The van der Waals surface area contributed by atoms with E-state index in [0.717, 1.165) is 12.0 Å². The van der Waals surface area contributed by atoms with Crippen LogP contribution in [0.4, 0.5) is 0 Å². The highest BCUT2D eigenvalue weighted by molar-refractivity contribution is 7.90. The Morgan fingerprint density at radius 2 is 2.17 bits per heavy atom. The lowest BCUT2D eigenvalue weighted by Crippen LogP contribution is -2.16. The molecule has 0 amide bonds. The van der Waals surface area contributed by atoms with Crippen LogP contribution in [0.25, 0.3) is 0 Å².